The van der Waals surface area contributed by atoms with Crippen LogP contribution in [0.5, 0.6) is 0 Å². The number of hydrogen-bond donors (Lipinski definition) is 0. The van der Waals surface area contributed by atoms with Crippen molar-refractivity contribution in [3.8, 4) is 0 Å². The van der Waals surface area contributed by atoms with Gasteiger partial charge in [-0.1, -0.05) is 0 Å². The molecule has 0 aliphatic heterocycles. The Balaban J connectivity index is 2.53. The zero-order valence-electron chi connectivity index (χ0n) is 15.0. The second kappa shape index (κ2) is 7.81. The van der Waals surface area contributed by atoms with Crippen LogP contribution in [-0.4, -0.2) is 41.8 Å². The summed E-state index contributed by atoms with van der Waals surface area (Å²) < 4.78 is 16.4. The lowest BCUT2D eigenvalue weighted by atomic mass is 9.96. The summed E-state index contributed by atoms with van der Waals surface area (Å²) in [5, 5.41) is 0. The number of aromatic nitrogens is 1. The van der Waals surface area contributed by atoms with Crippen molar-refractivity contribution in [2.45, 2.75) is 20.5 Å². The van der Waals surface area contributed by atoms with E-state index in [1.165, 1.54) is 21.0 Å². The first-order chi connectivity index (χ1) is 12.3. The Morgan fingerprint density at radius 2 is 1.81 bits per heavy atom. The van der Waals surface area contributed by atoms with Gasteiger partial charge >= 0.3 is 11.9 Å². The Labute approximate surface area is 150 Å². The molecule has 138 valence electrons. The summed E-state index contributed by atoms with van der Waals surface area (Å²) in [4.78, 5) is 47.1. The molecular weight excluding hydrogens is 342 g/mol. The summed E-state index contributed by atoms with van der Waals surface area (Å²) >= 11 is 0. The number of fused-ring (bicyclic) bond motifs is 1. The van der Waals surface area contributed by atoms with Gasteiger partial charge < -0.3 is 18.8 Å². The van der Waals surface area contributed by atoms with Crippen LogP contribution in [0.2, 0.25) is 0 Å². The van der Waals surface area contributed by atoms with E-state index in [2.05, 4.69) is 0 Å². The molecule has 0 atom stereocenters. The van der Waals surface area contributed by atoms with Crippen LogP contribution in [0.1, 0.15) is 46.0 Å². The summed E-state index contributed by atoms with van der Waals surface area (Å²) in [6.45, 7) is 2.39. The summed E-state index contributed by atoms with van der Waals surface area (Å²) in [5.74, 6) is -1.87. The maximum Gasteiger partial charge on any atom is 0.302 e. The van der Waals surface area contributed by atoms with E-state index in [1.54, 1.807) is 23.8 Å². The molecular formula is C18H19NO7. The third-order valence-electron chi connectivity index (χ3n) is 3.79. The molecule has 0 bridgehead atoms. The Morgan fingerprint density at radius 1 is 1.15 bits per heavy atom. The van der Waals surface area contributed by atoms with Crippen molar-refractivity contribution in [3.63, 3.8) is 0 Å². The van der Waals surface area contributed by atoms with Gasteiger partial charge in [-0.05, 0) is 12.2 Å². The minimum atomic E-state index is -0.519. The van der Waals surface area contributed by atoms with Gasteiger partial charge in [0.2, 0.25) is 11.6 Å². The van der Waals surface area contributed by atoms with E-state index >= 15 is 0 Å². The van der Waals surface area contributed by atoms with Gasteiger partial charge in [-0.2, -0.15) is 0 Å². The zero-order valence-corrected chi connectivity index (χ0v) is 15.0. The van der Waals surface area contributed by atoms with Crippen LogP contribution >= 0.6 is 0 Å². The van der Waals surface area contributed by atoms with Crippen molar-refractivity contribution in [1.82, 2.24) is 4.57 Å². The molecule has 0 amide bonds. The molecule has 0 N–H and O–H groups in total. The molecule has 0 saturated heterocycles. The average molecular weight is 361 g/mol. The number of nitrogens with zero attached hydrogens (tertiary/aromatic N) is 1. The summed E-state index contributed by atoms with van der Waals surface area (Å²) in [5.41, 5.74) is 1.21. The molecule has 8 nitrogen and oxygen atoms in total. The first kappa shape index (κ1) is 19.2. The zero-order chi connectivity index (χ0) is 19.4. The molecule has 1 aliphatic rings. The van der Waals surface area contributed by atoms with E-state index in [4.69, 9.17) is 14.2 Å². The van der Waals surface area contributed by atoms with E-state index in [0.29, 0.717) is 11.3 Å². The maximum absolute atomic E-state index is 12.7. The number of ketones is 2. The van der Waals surface area contributed by atoms with Gasteiger partial charge in [-0.3, -0.25) is 19.2 Å². The topological polar surface area (TPSA) is 101 Å². The third-order valence-corrected chi connectivity index (χ3v) is 3.79. The number of hydrogen-bond acceptors (Lipinski definition) is 7. The summed E-state index contributed by atoms with van der Waals surface area (Å²) in [7, 11) is 2.93. The van der Waals surface area contributed by atoms with Crippen LogP contribution in [0, 0.1) is 0 Å². The van der Waals surface area contributed by atoms with Crippen LogP contribution in [0.3, 0.4) is 0 Å². The van der Waals surface area contributed by atoms with Crippen LogP contribution in [0.15, 0.2) is 17.9 Å². The Bertz CT molecular complexity index is 842. The van der Waals surface area contributed by atoms with E-state index < -0.39 is 17.7 Å². The fourth-order valence-electron chi connectivity index (χ4n) is 2.68. The number of carbonyl (C=O) groups excluding carboxylic acids is 4. The van der Waals surface area contributed by atoms with E-state index in [-0.39, 0.29) is 36.0 Å². The highest BCUT2D eigenvalue weighted by Crippen LogP contribution is 2.31. The van der Waals surface area contributed by atoms with Gasteiger partial charge in [-0.15, -0.1) is 0 Å². The Morgan fingerprint density at radius 3 is 2.38 bits per heavy atom. The van der Waals surface area contributed by atoms with Gasteiger partial charge in [0.15, 0.2) is 5.76 Å². The lowest BCUT2D eigenvalue weighted by molar-refractivity contribution is -0.142. The number of ether oxygens (including phenoxy) is 3. The molecule has 1 aromatic rings. The van der Waals surface area contributed by atoms with Gasteiger partial charge in [-0.25, -0.2) is 0 Å². The number of Topliss-reactive ketones (excluding diaryl/α,β-unsaturated/α-hetero) is 1. The van der Waals surface area contributed by atoms with Crippen LogP contribution in [-0.2, 0) is 37.5 Å². The quantitative estimate of drug-likeness (QED) is 0.709. The van der Waals surface area contributed by atoms with Crippen LogP contribution < -0.4 is 0 Å². The molecule has 0 unspecified atom stereocenters. The van der Waals surface area contributed by atoms with Gasteiger partial charge in [0.05, 0.1) is 12.7 Å². The number of rotatable bonds is 6. The lowest BCUT2D eigenvalue weighted by Crippen LogP contribution is -2.20. The van der Waals surface area contributed by atoms with Crippen LogP contribution in [0.25, 0.3) is 6.08 Å². The largest absolute Gasteiger partial charge is 0.492 e. The Hall–Kier alpha value is -3.16. The minimum absolute atomic E-state index is 0.0294. The molecule has 0 spiro atoms. The van der Waals surface area contributed by atoms with Crippen LogP contribution in [0.4, 0.5) is 0 Å². The minimum Gasteiger partial charge on any atom is -0.492 e. The molecule has 1 heterocycles. The summed E-state index contributed by atoms with van der Waals surface area (Å²) in [6.07, 6.45) is 4.30. The normalized spacial score (nSPS) is 13.5. The smallest absolute Gasteiger partial charge is 0.302 e. The van der Waals surface area contributed by atoms with Crippen molar-refractivity contribution in [2.24, 2.45) is 7.05 Å². The highest BCUT2D eigenvalue weighted by molar-refractivity contribution is 6.24. The standard InChI is InChI=1S/C18H19NO7/c1-10(20)25-7-5-6-13-12(9-26-11(2)21)16-17(19(13)3)14(22)8-15(24-4)18(16)23/h5-6,8H,7,9H2,1-4H3/b6-5+. The predicted octanol–water partition coefficient (Wildman–Crippen LogP) is 1.57. The highest BCUT2D eigenvalue weighted by Gasteiger charge is 2.34. The molecule has 1 aliphatic carbocycles. The number of esters is 2. The second-order valence-electron chi connectivity index (χ2n) is 5.54. The predicted molar refractivity (Wildman–Crippen MR) is 90.3 cm³/mol. The SMILES string of the molecule is COC1=CC(=O)c2c(c(COC(C)=O)c(/C=C/COC(C)=O)n2C)C1=O. The lowest BCUT2D eigenvalue weighted by Gasteiger charge is -2.13. The number of carbonyl (C=O) groups is 4. The maximum atomic E-state index is 12.7. The molecule has 0 radical (unpaired) electrons. The molecule has 0 aromatic carbocycles. The van der Waals surface area contributed by atoms with E-state index in [1.807, 2.05) is 0 Å². The molecule has 1 aromatic heterocycles. The molecule has 0 saturated carbocycles. The first-order valence-corrected chi connectivity index (χ1v) is 7.77. The van der Waals surface area contributed by atoms with Crippen molar-refractivity contribution in [1.29, 1.82) is 0 Å². The first-order valence-electron chi connectivity index (χ1n) is 7.77. The fourth-order valence-corrected chi connectivity index (χ4v) is 2.68. The number of methoxy groups -OCH3 is 1. The van der Waals surface area contributed by atoms with E-state index in [9.17, 15) is 19.2 Å². The van der Waals surface area contributed by atoms with Gasteiger partial charge in [0, 0.05) is 38.2 Å². The second-order valence-corrected chi connectivity index (χ2v) is 5.54. The number of allylic oxidation sites excluding steroid dienone is 2. The fraction of sp³-hybridized carbons (Fsp3) is 0.333. The van der Waals surface area contributed by atoms with Crippen molar-refractivity contribution < 1.29 is 33.4 Å². The van der Waals surface area contributed by atoms with E-state index in [0.717, 1.165) is 6.08 Å². The van der Waals surface area contributed by atoms with Crippen molar-refractivity contribution in [3.05, 3.63) is 40.4 Å². The van der Waals surface area contributed by atoms with Crippen molar-refractivity contribution in [2.75, 3.05) is 13.7 Å². The average Bonchev–Trinajstić information content (AvgIpc) is 2.85. The molecule has 26 heavy (non-hydrogen) atoms. The molecule has 8 heteroatoms. The molecule has 2 rings (SSSR count). The molecule has 0 fully saturated rings. The van der Waals surface area contributed by atoms with Crippen molar-refractivity contribution >= 4 is 29.6 Å². The Kier molecular flexibility index (Phi) is 5.76. The summed E-state index contributed by atoms with van der Waals surface area (Å²) in [6, 6.07) is 0. The van der Waals surface area contributed by atoms with Gasteiger partial charge in [0.1, 0.15) is 18.9 Å². The highest BCUT2D eigenvalue weighted by atomic mass is 16.5. The monoisotopic (exact) mass is 361 g/mol. The third kappa shape index (κ3) is 3.74. The van der Waals surface area contributed by atoms with Gasteiger partial charge in [0.25, 0.3) is 0 Å².